The Labute approximate surface area is 132 Å². The van der Waals surface area contributed by atoms with E-state index in [2.05, 4.69) is 11.9 Å². The van der Waals surface area contributed by atoms with Gasteiger partial charge in [-0.1, -0.05) is 12.2 Å². The monoisotopic (exact) mass is 308 g/mol. The number of nitrogens with zero attached hydrogens (tertiary/aromatic N) is 1. The van der Waals surface area contributed by atoms with Crippen molar-refractivity contribution in [2.45, 2.75) is 19.4 Å². The van der Waals surface area contributed by atoms with E-state index in [0.717, 1.165) is 43.2 Å². The van der Waals surface area contributed by atoms with Crippen molar-refractivity contribution in [3.05, 3.63) is 29.3 Å². The van der Waals surface area contributed by atoms with Crippen LogP contribution < -0.4 is 10.5 Å². The van der Waals surface area contributed by atoms with E-state index in [1.807, 2.05) is 18.2 Å². The summed E-state index contributed by atoms with van der Waals surface area (Å²) >= 11 is 5.05. The molecular formula is C16H24N2O2S. The Morgan fingerprint density at radius 2 is 2.33 bits per heavy atom. The van der Waals surface area contributed by atoms with Gasteiger partial charge in [0.25, 0.3) is 0 Å². The van der Waals surface area contributed by atoms with Crippen molar-refractivity contribution >= 4 is 17.2 Å². The lowest BCUT2D eigenvalue weighted by molar-refractivity contribution is 0.0411. The summed E-state index contributed by atoms with van der Waals surface area (Å²) in [6.45, 7) is 3.62. The maximum Gasteiger partial charge on any atom is 0.123 e. The second-order valence-corrected chi connectivity index (χ2v) is 6.11. The van der Waals surface area contributed by atoms with Crippen molar-refractivity contribution in [3.8, 4) is 5.75 Å². The number of thiocarbonyl (C=S) groups is 1. The molecule has 1 fully saturated rings. The number of nitrogens with two attached hydrogens (primary N) is 1. The summed E-state index contributed by atoms with van der Waals surface area (Å²) < 4.78 is 11.0. The predicted octanol–water partition coefficient (Wildman–Crippen LogP) is 2.19. The summed E-state index contributed by atoms with van der Waals surface area (Å²) in [7, 11) is 3.82. The van der Waals surface area contributed by atoms with Crippen molar-refractivity contribution in [1.82, 2.24) is 4.90 Å². The summed E-state index contributed by atoms with van der Waals surface area (Å²) in [5, 5.41) is 0. The summed E-state index contributed by atoms with van der Waals surface area (Å²) in [6, 6.07) is 5.86. The maximum absolute atomic E-state index is 5.71. The Bertz CT molecular complexity index is 487. The number of hydrogen-bond acceptors (Lipinski definition) is 4. The topological polar surface area (TPSA) is 47.7 Å². The van der Waals surface area contributed by atoms with Crippen LogP contribution in [0.1, 0.15) is 24.0 Å². The minimum absolute atomic E-state index is 0.419. The molecule has 1 aliphatic rings. The molecule has 1 aromatic rings. The molecule has 2 rings (SSSR count). The molecule has 1 aromatic carbocycles. The molecule has 0 aromatic heterocycles. The van der Waals surface area contributed by atoms with Crippen LogP contribution >= 0.6 is 12.2 Å². The molecule has 0 spiro atoms. The fourth-order valence-corrected chi connectivity index (χ4v) is 2.93. The third-order valence-corrected chi connectivity index (χ3v) is 4.07. The highest BCUT2D eigenvalue weighted by atomic mass is 32.1. The van der Waals surface area contributed by atoms with E-state index in [4.69, 9.17) is 27.4 Å². The standard InChI is InChI=1S/C16H24N2O2S/c1-18(9-12-4-3-7-20-11-12)10-14-8-13(16(17)21)5-6-15(14)19-2/h5-6,8,12H,3-4,7,9-11H2,1-2H3,(H2,17,21). The first kappa shape index (κ1) is 16.2. The Kier molecular flexibility index (Phi) is 5.96. The van der Waals surface area contributed by atoms with Gasteiger partial charge in [-0.05, 0) is 44.0 Å². The number of benzene rings is 1. The van der Waals surface area contributed by atoms with Crippen LogP contribution in [0.2, 0.25) is 0 Å². The third kappa shape index (κ3) is 4.66. The molecule has 1 atom stereocenters. The van der Waals surface area contributed by atoms with Crippen LogP contribution in [0.15, 0.2) is 18.2 Å². The average Bonchev–Trinajstić information content (AvgIpc) is 2.48. The molecule has 1 aliphatic heterocycles. The number of ether oxygens (including phenoxy) is 2. The molecule has 116 valence electrons. The molecule has 4 nitrogen and oxygen atoms in total. The van der Waals surface area contributed by atoms with E-state index >= 15 is 0 Å². The minimum Gasteiger partial charge on any atom is -0.496 e. The van der Waals surface area contributed by atoms with Gasteiger partial charge in [0.15, 0.2) is 0 Å². The maximum atomic E-state index is 5.71. The van der Waals surface area contributed by atoms with E-state index in [-0.39, 0.29) is 0 Å². The molecule has 0 amide bonds. The van der Waals surface area contributed by atoms with Gasteiger partial charge in [0.1, 0.15) is 10.7 Å². The summed E-state index contributed by atoms with van der Waals surface area (Å²) in [5.74, 6) is 1.50. The zero-order valence-electron chi connectivity index (χ0n) is 12.8. The Hall–Kier alpha value is -1.17. The largest absolute Gasteiger partial charge is 0.496 e. The first-order valence-electron chi connectivity index (χ1n) is 7.33. The second kappa shape index (κ2) is 7.73. The van der Waals surface area contributed by atoms with Gasteiger partial charge in [-0.15, -0.1) is 0 Å². The van der Waals surface area contributed by atoms with Crippen LogP contribution in [-0.2, 0) is 11.3 Å². The van der Waals surface area contributed by atoms with Gasteiger partial charge < -0.3 is 20.1 Å². The molecule has 0 bridgehead atoms. The lowest BCUT2D eigenvalue weighted by atomic mass is 10.0. The van der Waals surface area contributed by atoms with E-state index in [0.29, 0.717) is 10.9 Å². The van der Waals surface area contributed by atoms with Crippen LogP contribution in [-0.4, -0.2) is 43.8 Å². The average molecular weight is 308 g/mol. The van der Waals surface area contributed by atoms with E-state index in [1.54, 1.807) is 7.11 Å². The van der Waals surface area contributed by atoms with Gasteiger partial charge in [-0.25, -0.2) is 0 Å². The van der Waals surface area contributed by atoms with Gasteiger partial charge >= 0.3 is 0 Å². The summed E-state index contributed by atoms with van der Waals surface area (Å²) in [5.41, 5.74) is 7.71. The van der Waals surface area contributed by atoms with Crippen molar-refractivity contribution in [1.29, 1.82) is 0 Å². The molecule has 5 heteroatoms. The number of hydrogen-bond donors (Lipinski definition) is 1. The van der Waals surface area contributed by atoms with Gasteiger partial charge in [0, 0.05) is 30.8 Å². The first-order valence-corrected chi connectivity index (χ1v) is 7.74. The smallest absolute Gasteiger partial charge is 0.123 e. The highest BCUT2D eigenvalue weighted by Crippen LogP contribution is 2.22. The Balaban J connectivity index is 2.02. The van der Waals surface area contributed by atoms with Crippen LogP contribution in [0.25, 0.3) is 0 Å². The van der Waals surface area contributed by atoms with Gasteiger partial charge in [0.05, 0.1) is 13.7 Å². The van der Waals surface area contributed by atoms with Gasteiger partial charge in [-0.2, -0.15) is 0 Å². The molecule has 0 radical (unpaired) electrons. The lowest BCUT2D eigenvalue weighted by Gasteiger charge is -2.27. The zero-order chi connectivity index (χ0) is 15.2. The molecule has 1 saturated heterocycles. The molecule has 0 saturated carbocycles. The quantitative estimate of drug-likeness (QED) is 0.816. The second-order valence-electron chi connectivity index (χ2n) is 5.67. The van der Waals surface area contributed by atoms with Crippen molar-refractivity contribution in [3.63, 3.8) is 0 Å². The van der Waals surface area contributed by atoms with Crippen LogP contribution in [0.3, 0.4) is 0 Å². The molecule has 1 heterocycles. The van der Waals surface area contributed by atoms with E-state index in [1.165, 1.54) is 12.8 Å². The molecular weight excluding hydrogens is 284 g/mol. The normalized spacial score (nSPS) is 18.7. The van der Waals surface area contributed by atoms with Crippen LogP contribution in [0.4, 0.5) is 0 Å². The summed E-state index contributed by atoms with van der Waals surface area (Å²) in [4.78, 5) is 2.72. The van der Waals surface area contributed by atoms with Crippen molar-refractivity contribution < 1.29 is 9.47 Å². The predicted molar refractivity (Wildman–Crippen MR) is 88.8 cm³/mol. The highest BCUT2D eigenvalue weighted by Gasteiger charge is 2.17. The number of methoxy groups -OCH3 is 1. The summed E-state index contributed by atoms with van der Waals surface area (Å²) in [6.07, 6.45) is 2.41. The zero-order valence-corrected chi connectivity index (χ0v) is 13.6. The fraction of sp³-hybridized carbons (Fsp3) is 0.562. The lowest BCUT2D eigenvalue weighted by Crippen LogP contribution is -2.30. The fourth-order valence-electron chi connectivity index (χ4n) is 2.80. The van der Waals surface area contributed by atoms with Crippen LogP contribution in [0, 0.1) is 5.92 Å². The number of rotatable bonds is 6. The van der Waals surface area contributed by atoms with Crippen LogP contribution in [0.5, 0.6) is 5.75 Å². The van der Waals surface area contributed by atoms with Gasteiger partial charge in [0.2, 0.25) is 0 Å². The molecule has 0 aliphatic carbocycles. The van der Waals surface area contributed by atoms with Crippen molar-refractivity contribution in [2.24, 2.45) is 11.7 Å². The molecule has 21 heavy (non-hydrogen) atoms. The Morgan fingerprint density at radius 3 is 2.95 bits per heavy atom. The van der Waals surface area contributed by atoms with E-state index < -0.39 is 0 Å². The van der Waals surface area contributed by atoms with E-state index in [9.17, 15) is 0 Å². The SMILES string of the molecule is COc1ccc(C(N)=S)cc1CN(C)CC1CCCOC1. The Morgan fingerprint density at radius 1 is 1.52 bits per heavy atom. The third-order valence-electron chi connectivity index (χ3n) is 3.83. The molecule has 2 N–H and O–H groups in total. The first-order chi connectivity index (χ1) is 10.1. The highest BCUT2D eigenvalue weighted by molar-refractivity contribution is 7.80. The molecule has 1 unspecified atom stereocenters. The minimum atomic E-state index is 0.419. The van der Waals surface area contributed by atoms with Gasteiger partial charge in [-0.3, -0.25) is 0 Å². The van der Waals surface area contributed by atoms with Crippen molar-refractivity contribution in [2.75, 3.05) is 33.9 Å².